The van der Waals surface area contributed by atoms with Crippen molar-refractivity contribution in [3.63, 3.8) is 0 Å². The van der Waals surface area contributed by atoms with Crippen molar-refractivity contribution in [2.45, 2.75) is 64.7 Å². The standard InChI is InChI=1S/C22H25N3O2S3/c1-12-8-9-13-15(11-29-17(13)10-12)19(26)24-25-21(27)18-14-6-4-2-3-5-7-16(14)30-20(18)23-22(25)28/h11-12H,2-10H2,1H3,(H,23,28)(H,24,26)/t12-/m1/s1. The predicted octanol–water partition coefficient (Wildman–Crippen LogP) is 5.35. The topological polar surface area (TPSA) is 66.9 Å². The summed E-state index contributed by atoms with van der Waals surface area (Å²) in [4.78, 5) is 33.1. The fourth-order valence-electron chi connectivity index (χ4n) is 4.72. The van der Waals surface area contributed by atoms with E-state index in [0.717, 1.165) is 60.9 Å². The number of carbonyl (C=O) groups is 1. The number of carbonyl (C=O) groups excluding carboxylic acids is 1. The highest BCUT2D eigenvalue weighted by atomic mass is 32.1. The Labute approximate surface area is 188 Å². The number of fused-ring (bicyclic) bond motifs is 4. The zero-order chi connectivity index (χ0) is 20.8. The van der Waals surface area contributed by atoms with Crippen LogP contribution in [-0.2, 0) is 25.7 Å². The van der Waals surface area contributed by atoms with E-state index in [9.17, 15) is 9.59 Å². The average Bonchev–Trinajstić information content (AvgIpc) is 3.25. The van der Waals surface area contributed by atoms with Crippen molar-refractivity contribution in [2.75, 3.05) is 5.43 Å². The molecule has 0 bridgehead atoms. The van der Waals surface area contributed by atoms with Crippen LogP contribution in [0.25, 0.3) is 10.2 Å². The monoisotopic (exact) mass is 459 g/mol. The number of aromatic amines is 1. The Kier molecular flexibility index (Phi) is 5.41. The smallest absolute Gasteiger partial charge is 0.282 e. The van der Waals surface area contributed by atoms with E-state index in [1.165, 1.54) is 27.3 Å². The molecule has 0 unspecified atom stereocenters. The number of thiophene rings is 2. The third-order valence-corrected chi connectivity index (χ3v) is 8.91. The van der Waals surface area contributed by atoms with Crippen molar-refractivity contribution in [1.82, 2.24) is 9.66 Å². The third kappa shape index (κ3) is 3.48. The quantitative estimate of drug-likeness (QED) is 0.508. The highest BCUT2D eigenvalue weighted by Gasteiger charge is 2.24. The summed E-state index contributed by atoms with van der Waals surface area (Å²) in [6, 6.07) is 0. The molecule has 2 aliphatic carbocycles. The van der Waals surface area contributed by atoms with Gasteiger partial charge in [-0.25, -0.2) is 0 Å². The largest absolute Gasteiger partial charge is 0.322 e. The van der Waals surface area contributed by atoms with Crippen LogP contribution in [0.15, 0.2) is 10.2 Å². The molecule has 3 aromatic rings. The van der Waals surface area contributed by atoms with Gasteiger partial charge in [0.15, 0.2) is 0 Å². The Morgan fingerprint density at radius 2 is 1.97 bits per heavy atom. The van der Waals surface area contributed by atoms with Crippen LogP contribution < -0.4 is 11.0 Å². The number of aromatic nitrogens is 2. The Morgan fingerprint density at radius 3 is 2.80 bits per heavy atom. The van der Waals surface area contributed by atoms with Gasteiger partial charge in [-0.15, -0.1) is 22.7 Å². The zero-order valence-electron chi connectivity index (χ0n) is 17.0. The van der Waals surface area contributed by atoms with Crippen LogP contribution in [0.2, 0.25) is 0 Å². The minimum absolute atomic E-state index is 0.210. The van der Waals surface area contributed by atoms with Crippen molar-refractivity contribution < 1.29 is 4.79 Å². The van der Waals surface area contributed by atoms with Crippen molar-refractivity contribution >= 4 is 51.0 Å². The van der Waals surface area contributed by atoms with E-state index in [1.54, 1.807) is 22.7 Å². The van der Waals surface area contributed by atoms with Crippen LogP contribution in [0.3, 0.4) is 0 Å². The lowest BCUT2D eigenvalue weighted by Gasteiger charge is -2.19. The van der Waals surface area contributed by atoms with Gasteiger partial charge in [0.25, 0.3) is 11.5 Å². The summed E-state index contributed by atoms with van der Waals surface area (Å²) < 4.78 is 1.48. The molecule has 1 amide bonds. The first kappa shape index (κ1) is 20.2. The molecule has 0 fully saturated rings. The van der Waals surface area contributed by atoms with Gasteiger partial charge < -0.3 is 4.98 Å². The number of nitrogens with zero attached hydrogens (tertiary/aromatic N) is 1. The van der Waals surface area contributed by atoms with Crippen LogP contribution in [0, 0.1) is 10.7 Å². The van der Waals surface area contributed by atoms with Gasteiger partial charge in [-0.05, 0) is 74.2 Å². The highest BCUT2D eigenvalue weighted by molar-refractivity contribution is 7.71. The molecule has 2 aliphatic rings. The molecular formula is C22H25N3O2S3. The molecule has 0 aromatic carbocycles. The van der Waals surface area contributed by atoms with Crippen molar-refractivity contribution in [3.8, 4) is 0 Å². The van der Waals surface area contributed by atoms with Crippen molar-refractivity contribution in [1.29, 1.82) is 0 Å². The maximum Gasteiger partial charge on any atom is 0.282 e. The molecule has 5 nitrogen and oxygen atoms in total. The van der Waals surface area contributed by atoms with Gasteiger partial charge in [0.05, 0.1) is 10.9 Å². The van der Waals surface area contributed by atoms with Gasteiger partial charge in [-0.3, -0.25) is 15.0 Å². The second kappa shape index (κ2) is 8.05. The van der Waals surface area contributed by atoms with Crippen LogP contribution >= 0.6 is 34.9 Å². The van der Waals surface area contributed by atoms with Gasteiger partial charge in [-0.2, -0.15) is 4.68 Å². The van der Waals surface area contributed by atoms with E-state index in [-0.39, 0.29) is 16.2 Å². The summed E-state index contributed by atoms with van der Waals surface area (Å²) in [7, 11) is 0. The maximum absolute atomic E-state index is 13.4. The first-order valence-electron chi connectivity index (χ1n) is 10.7. The summed E-state index contributed by atoms with van der Waals surface area (Å²) in [5, 5.41) is 2.63. The van der Waals surface area contributed by atoms with Crippen molar-refractivity contribution in [2.24, 2.45) is 5.92 Å². The van der Waals surface area contributed by atoms with E-state index in [2.05, 4.69) is 17.3 Å². The van der Waals surface area contributed by atoms with E-state index >= 15 is 0 Å². The molecule has 2 N–H and O–H groups in total. The fourth-order valence-corrected chi connectivity index (χ4v) is 7.54. The molecule has 0 spiro atoms. The molecule has 1 atom stereocenters. The minimum Gasteiger partial charge on any atom is -0.322 e. The third-order valence-electron chi connectivity index (χ3n) is 6.37. The summed E-state index contributed by atoms with van der Waals surface area (Å²) in [5.74, 6) is 0.408. The van der Waals surface area contributed by atoms with Gasteiger partial charge in [0, 0.05) is 15.1 Å². The molecule has 30 heavy (non-hydrogen) atoms. The normalized spacial score (nSPS) is 19.0. The molecule has 5 rings (SSSR count). The molecule has 8 heteroatoms. The van der Waals surface area contributed by atoms with E-state index in [0.29, 0.717) is 16.9 Å². The molecular weight excluding hydrogens is 434 g/mol. The van der Waals surface area contributed by atoms with E-state index < -0.39 is 0 Å². The molecule has 3 heterocycles. The molecule has 158 valence electrons. The summed E-state index contributed by atoms with van der Waals surface area (Å²) in [6.45, 7) is 2.25. The lowest BCUT2D eigenvalue weighted by atomic mass is 9.88. The highest BCUT2D eigenvalue weighted by Crippen LogP contribution is 2.34. The zero-order valence-corrected chi connectivity index (χ0v) is 19.5. The SMILES string of the molecule is C[C@@H]1CCc2c(C(=O)Nn3c(=S)[nH]c4sc5c(c4c3=O)CCCCCC5)csc2C1. The van der Waals surface area contributed by atoms with Crippen LogP contribution in [0.5, 0.6) is 0 Å². The van der Waals surface area contributed by atoms with E-state index in [1.807, 2.05) is 5.38 Å². The van der Waals surface area contributed by atoms with Gasteiger partial charge in [0.2, 0.25) is 4.77 Å². The van der Waals surface area contributed by atoms with Gasteiger partial charge in [0.1, 0.15) is 4.83 Å². The molecule has 0 saturated carbocycles. The number of aryl methyl sites for hydroxylation is 2. The Bertz CT molecular complexity index is 1250. The average molecular weight is 460 g/mol. The molecule has 0 radical (unpaired) electrons. The van der Waals surface area contributed by atoms with Crippen LogP contribution in [-0.4, -0.2) is 15.6 Å². The number of hydrogen-bond donors (Lipinski definition) is 2. The van der Waals surface area contributed by atoms with Gasteiger partial charge in [-0.1, -0.05) is 19.8 Å². The number of nitrogens with one attached hydrogen (secondary N) is 2. The van der Waals surface area contributed by atoms with Crippen molar-refractivity contribution in [3.05, 3.63) is 46.9 Å². The number of amides is 1. The molecule has 0 saturated heterocycles. The summed E-state index contributed by atoms with van der Waals surface area (Å²) >= 11 is 8.74. The van der Waals surface area contributed by atoms with E-state index in [4.69, 9.17) is 12.2 Å². The Morgan fingerprint density at radius 1 is 1.17 bits per heavy atom. The minimum atomic E-state index is -0.249. The second-order valence-electron chi connectivity index (χ2n) is 8.53. The second-order valence-corrected chi connectivity index (χ2v) is 11.0. The molecule has 0 aliphatic heterocycles. The Hall–Kier alpha value is -1.77. The van der Waals surface area contributed by atoms with Crippen LogP contribution in [0.4, 0.5) is 0 Å². The predicted molar refractivity (Wildman–Crippen MR) is 126 cm³/mol. The number of rotatable bonds is 2. The summed E-state index contributed by atoms with van der Waals surface area (Å²) in [6.07, 6.45) is 9.67. The number of hydrogen-bond acceptors (Lipinski definition) is 5. The molecule has 3 aromatic heterocycles. The lowest BCUT2D eigenvalue weighted by molar-refractivity contribution is 0.101. The fraction of sp³-hybridized carbons (Fsp3) is 0.500. The first-order chi connectivity index (χ1) is 14.5. The Balaban J connectivity index is 1.53. The summed E-state index contributed by atoms with van der Waals surface area (Å²) in [5.41, 5.74) is 5.56. The van der Waals surface area contributed by atoms with Crippen LogP contribution in [0.1, 0.15) is 70.3 Å². The first-order valence-corrected chi connectivity index (χ1v) is 12.8. The van der Waals surface area contributed by atoms with Gasteiger partial charge >= 0.3 is 0 Å². The maximum atomic E-state index is 13.4. The number of H-pyrrole nitrogens is 1. The lowest BCUT2D eigenvalue weighted by Crippen LogP contribution is -2.34.